The molecule has 0 saturated carbocycles. The third kappa shape index (κ3) is 2.39. The van der Waals surface area contributed by atoms with E-state index in [1.807, 2.05) is 11.9 Å². The zero-order chi connectivity index (χ0) is 11.5. The Labute approximate surface area is 93.1 Å². The lowest BCUT2D eigenvalue weighted by atomic mass is 10.2. The molecule has 1 aliphatic rings. The van der Waals surface area contributed by atoms with E-state index in [9.17, 15) is 9.18 Å². The van der Waals surface area contributed by atoms with Gasteiger partial charge < -0.3 is 9.64 Å². The minimum atomic E-state index is -0.308. The van der Waals surface area contributed by atoms with Gasteiger partial charge in [-0.2, -0.15) is 0 Å². The molecular weight excluding hydrogens is 209 g/mol. The summed E-state index contributed by atoms with van der Waals surface area (Å²) in [7, 11) is 1.87. The predicted octanol–water partition coefficient (Wildman–Crippen LogP) is 1.74. The van der Waals surface area contributed by atoms with Gasteiger partial charge in [0.15, 0.2) is 0 Å². The zero-order valence-electron chi connectivity index (χ0n) is 8.89. The molecule has 0 amide bonds. The molecule has 0 radical (unpaired) electrons. The van der Waals surface area contributed by atoms with Crippen LogP contribution in [-0.2, 0) is 9.53 Å². The number of anilines is 1. The molecule has 4 heteroatoms. The summed E-state index contributed by atoms with van der Waals surface area (Å²) < 4.78 is 17.7. The van der Waals surface area contributed by atoms with Crippen molar-refractivity contribution in [3.63, 3.8) is 0 Å². The number of nitrogens with zero attached hydrogens (tertiary/aromatic N) is 1. The molecule has 1 heterocycles. The predicted molar refractivity (Wildman–Crippen MR) is 58.7 cm³/mol. The molecule has 1 aromatic carbocycles. The maximum Gasteiger partial charge on any atom is 0.331 e. The monoisotopic (exact) mass is 221 g/mol. The Bertz CT molecular complexity index is 414. The van der Waals surface area contributed by atoms with Gasteiger partial charge in [0.2, 0.25) is 0 Å². The van der Waals surface area contributed by atoms with E-state index < -0.39 is 0 Å². The van der Waals surface area contributed by atoms with Crippen LogP contribution in [0.3, 0.4) is 0 Å². The van der Waals surface area contributed by atoms with E-state index in [2.05, 4.69) is 0 Å². The van der Waals surface area contributed by atoms with Gasteiger partial charge in [-0.1, -0.05) is 0 Å². The van der Waals surface area contributed by atoms with Crippen molar-refractivity contribution in [1.29, 1.82) is 0 Å². The smallest absolute Gasteiger partial charge is 0.331 e. The molecule has 2 rings (SSSR count). The van der Waals surface area contributed by atoms with E-state index in [1.54, 1.807) is 18.2 Å². The van der Waals surface area contributed by atoms with Crippen molar-refractivity contribution in [3.05, 3.63) is 42.2 Å². The molecule has 0 unspecified atom stereocenters. The summed E-state index contributed by atoms with van der Waals surface area (Å²) in [6.45, 7) is 0.563. The molecule has 0 saturated heterocycles. The largest absolute Gasteiger partial charge is 0.453 e. The lowest BCUT2D eigenvalue weighted by Gasteiger charge is -2.21. The quantitative estimate of drug-likeness (QED) is 0.728. The van der Waals surface area contributed by atoms with Crippen LogP contribution in [0.2, 0.25) is 0 Å². The average Bonchev–Trinajstić information content (AvgIpc) is 2.65. The van der Waals surface area contributed by atoms with E-state index >= 15 is 0 Å². The Balaban J connectivity index is 1.98. The maximum absolute atomic E-state index is 12.7. The molecule has 16 heavy (non-hydrogen) atoms. The summed E-state index contributed by atoms with van der Waals surface area (Å²) in [5.74, 6) is -0.568. The summed E-state index contributed by atoms with van der Waals surface area (Å²) in [6.07, 6.45) is 2.92. The second-order valence-electron chi connectivity index (χ2n) is 3.69. The summed E-state index contributed by atoms with van der Waals surface area (Å²) in [4.78, 5) is 12.7. The third-order valence-electron chi connectivity index (χ3n) is 2.44. The molecule has 3 nitrogen and oxygen atoms in total. The topological polar surface area (TPSA) is 29.5 Å². The molecule has 0 spiro atoms. The van der Waals surface area contributed by atoms with Gasteiger partial charge in [0.25, 0.3) is 0 Å². The molecule has 0 fully saturated rings. The third-order valence-corrected chi connectivity index (χ3v) is 2.44. The number of hydrogen-bond donors (Lipinski definition) is 0. The number of cyclic esters (lactones) is 1. The standard InChI is InChI=1S/C12H12FNO2/c1-14(8-11-6-7-12(15)16-11)10-4-2-9(13)3-5-10/h2-7,11H,8H2,1H3/t11-/m1/s1. The van der Waals surface area contributed by atoms with E-state index in [4.69, 9.17) is 4.74 Å². The Morgan fingerprint density at radius 3 is 2.62 bits per heavy atom. The summed E-state index contributed by atoms with van der Waals surface area (Å²) in [6, 6.07) is 6.19. The molecule has 0 aromatic heterocycles. The number of rotatable bonds is 3. The fourth-order valence-electron chi connectivity index (χ4n) is 1.58. The van der Waals surface area contributed by atoms with Gasteiger partial charge in [0, 0.05) is 18.8 Å². The number of hydrogen-bond acceptors (Lipinski definition) is 3. The number of benzene rings is 1. The molecular formula is C12H12FNO2. The summed E-state index contributed by atoms with van der Waals surface area (Å²) in [5.41, 5.74) is 0.887. The second kappa shape index (κ2) is 4.35. The normalized spacial score (nSPS) is 18.6. The molecule has 0 N–H and O–H groups in total. The van der Waals surface area contributed by atoms with Crippen LogP contribution >= 0.6 is 0 Å². The minimum absolute atomic E-state index is 0.220. The van der Waals surface area contributed by atoms with Crippen LogP contribution in [0.15, 0.2) is 36.4 Å². The molecule has 1 aromatic rings. The Morgan fingerprint density at radius 1 is 1.38 bits per heavy atom. The van der Waals surface area contributed by atoms with Crippen LogP contribution in [0.1, 0.15) is 0 Å². The molecule has 1 aliphatic heterocycles. The number of carbonyl (C=O) groups is 1. The number of likely N-dealkylation sites (N-methyl/N-ethyl adjacent to an activating group) is 1. The SMILES string of the molecule is CN(C[C@H]1C=CC(=O)O1)c1ccc(F)cc1. The average molecular weight is 221 g/mol. The fourth-order valence-corrected chi connectivity index (χ4v) is 1.58. The van der Waals surface area contributed by atoms with Gasteiger partial charge in [-0.15, -0.1) is 0 Å². The molecule has 0 aliphatic carbocycles. The Morgan fingerprint density at radius 2 is 2.06 bits per heavy atom. The summed E-state index contributed by atoms with van der Waals surface area (Å²) >= 11 is 0. The lowest BCUT2D eigenvalue weighted by molar-refractivity contribution is -0.138. The molecule has 0 bridgehead atoms. The Kier molecular flexibility index (Phi) is 2.90. The van der Waals surface area contributed by atoms with Crippen molar-refractivity contribution in [2.24, 2.45) is 0 Å². The lowest BCUT2D eigenvalue weighted by Crippen LogP contribution is -2.28. The van der Waals surface area contributed by atoms with Crippen LogP contribution in [0.5, 0.6) is 0 Å². The van der Waals surface area contributed by atoms with Gasteiger partial charge in [-0.05, 0) is 30.3 Å². The Hall–Kier alpha value is -1.84. The van der Waals surface area contributed by atoms with E-state index in [1.165, 1.54) is 18.2 Å². The van der Waals surface area contributed by atoms with Crippen molar-refractivity contribution in [2.75, 3.05) is 18.5 Å². The van der Waals surface area contributed by atoms with Crippen molar-refractivity contribution in [2.45, 2.75) is 6.10 Å². The highest BCUT2D eigenvalue weighted by Crippen LogP contribution is 2.15. The number of esters is 1. The van der Waals surface area contributed by atoms with Gasteiger partial charge in [-0.3, -0.25) is 0 Å². The number of ether oxygens (including phenoxy) is 1. The van der Waals surface area contributed by atoms with Crippen LogP contribution < -0.4 is 4.90 Å². The van der Waals surface area contributed by atoms with Crippen molar-refractivity contribution in [3.8, 4) is 0 Å². The van der Waals surface area contributed by atoms with Gasteiger partial charge in [0.05, 0.1) is 6.54 Å². The number of halogens is 1. The highest BCUT2D eigenvalue weighted by molar-refractivity contribution is 5.84. The van der Waals surface area contributed by atoms with Gasteiger partial charge >= 0.3 is 5.97 Å². The van der Waals surface area contributed by atoms with E-state index in [0.29, 0.717) is 6.54 Å². The maximum atomic E-state index is 12.7. The highest BCUT2D eigenvalue weighted by Gasteiger charge is 2.18. The van der Waals surface area contributed by atoms with Crippen molar-refractivity contribution < 1.29 is 13.9 Å². The van der Waals surface area contributed by atoms with E-state index in [0.717, 1.165) is 5.69 Å². The van der Waals surface area contributed by atoms with Crippen LogP contribution in [0, 0.1) is 5.82 Å². The summed E-state index contributed by atoms with van der Waals surface area (Å²) in [5, 5.41) is 0. The van der Waals surface area contributed by atoms with E-state index in [-0.39, 0.29) is 17.9 Å². The van der Waals surface area contributed by atoms with Crippen molar-refractivity contribution >= 4 is 11.7 Å². The first kappa shape index (κ1) is 10.7. The fraction of sp³-hybridized carbons (Fsp3) is 0.250. The first-order valence-corrected chi connectivity index (χ1v) is 5.00. The second-order valence-corrected chi connectivity index (χ2v) is 3.69. The minimum Gasteiger partial charge on any atom is -0.453 e. The highest BCUT2D eigenvalue weighted by atomic mass is 19.1. The number of carbonyl (C=O) groups excluding carboxylic acids is 1. The molecule has 84 valence electrons. The van der Waals surface area contributed by atoms with Gasteiger partial charge in [-0.25, -0.2) is 9.18 Å². The zero-order valence-corrected chi connectivity index (χ0v) is 8.89. The van der Waals surface area contributed by atoms with Crippen LogP contribution in [-0.4, -0.2) is 25.7 Å². The van der Waals surface area contributed by atoms with Crippen molar-refractivity contribution in [1.82, 2.24) is 0 Å². The van der Waals surface area contributed by atoms with Gasteiger partial charge in [0.1, 0.15) is 11.9 Å². The first-order chi connectivity index (χ1) is 7.65. The first-order valence-electron chi connectivity index (χ1n) is 5.00. The molecule has 1 atom stereocenters. The van der Waals surface area contributed by atoms with Crippen LogP contribution in [0.4, 0.5) is 10.1 Å². The van der Waals surface area contributed by atoms with Crippen LogP contribution in [0.25, 0.3) is 0 Å².